The monoisotopic (exact) mass is 338 g/mol. The van der Waals surface area contributed by atoms with E-state index >= 15 is 0 Å². The van der Waals surface area contributed by atoms with Gasteiger partial charge in [-0.05, 0) is 17.5 Å². The van der Waals surface area contributed by atoms with Crippen molar-refractivity contribution in [1.29, 1.82) is 0 Å². The molecule has 0 unspecified atom stereocenters. The van der Waals surface area contributed by atoms with Gasteiger partial charge in [-0.1, -0.05) is 19.9 Å². The number of nitro groups is 1. The number of ether oxygens (including phenoxy) is 2. The molecule has 0 aromatic heterocycles. The minimum Gasteiger partial charge on any atom is -0.490 e. The number of hydrogen-bond acceptors (Lipinski definition) is 6. The van der Waals surface area contributed by atoms with Crippen molar-refractivity contribution in [2.75, 3.05) is 14.2 Å². The number of amides is 1. The molecule has 0 aliphatic heterocycles. The maximum atomic E-state index is 11.9. The third-order valence-corrected chi connectivity index (χ3v) is 3.29. The van der Waals surface area contributed by atoms with Crippen LogP contribution in [0.3, 0.4) is 0 Å². The number of benzene rings is 1. The quantitative estimate of drug-likeness (QED) is 0.440. The average molecular weight is 338 g/mol. The van der Waals surface area contributed by atoms with E-state index in [1.54, 1.807) is 6.07 Å². The van der Waals surface area contributed by atoms with Crippen molar-refractivity contribution < 1.29 is 24.0 Å². The predicted molar refractivity (Wildman–Crippen MR) is 86.8 cm³/mol. The Morgan fingerprint density at radius 1 is 1.29 bits per heavy atom. The Kier molecular flexibility index (Phi) is 7.16. The lowest BCUT2D eigenvalue weighted by atomic mass is 10.0. The van der Waals surface area contributed by atoms with Gasteiger partial charge in [0.15, 0.2) is 5.75 Å². The molecule has 0 radical (unpaired) electrons. The Morgan fingerprint density at radius 2 is 1.96 bits per heavy atom. The smallest absolute Gasteiger partial charge is 0.328 e. The Morgan fingerprint density at radius 3 is 2.46 bits per heavy atom. The molecule has 0 spiro atoms. The van der Waals surface area contributed by atoms with Gasteiger partial charge in [0.1, 0.15) is 6.04 Å². The van der Waals surface area contributed by atoms with Crippen molar-refractivity contribution in [3.63, 3.8) is 0 Å². The fourth-order valence-electron chi connectivity index (χ4n) is 2.20. The Balaban J connectivity index is 2.98. The highest BCUT2D eigenvalue weighted by atomic mass is 16.6. The molecule has 132 valence electrons. The van der Waals surface area contributed by atoms with Crippen LogP contribution in [0.1, 0.15) is 25.8 Å². The van der Waals surface area contributed by atoms with Gasteiger partial charge in [0.2, 0.25) is 5.91 Å². The van der Waals surface area contributed by atoms with E-state index in [9.17, 15) is 19.7 Å². The average Bonchev–Trinajstić information content (AvgIpc) is 2.52. The molecule has 8 heteroatoms. The summed E-state index contributed by atoms with van der Waals surface area (Å²) in [6, 6.07) is 3.48. The molecule has 1 rings (SSSR count). The summed E-state index contributed by atoms with van der Waals surface area (Å²) in [5, 5.41) is 13.7. The van der Waals surface area contributed by atoms with E-state index in [4.69, 9.17) is 9.47 Å². The van der Waals surface area contributed by atoms with Crippen LogP contribution in [0.25, 0.3) is 0 Å². The first-order valence-electron chi connectivity index (χ1n) is 7.47. The molecule has 0 saturated carbocycles. The molecule has 0 saturated heterocycles. The minimum absolute atomic E-state index is 0.0847. The summed E-state index contributed by atoms with van der Waals surface area (Å²) in [6.07, 6.45) is 0.359. The van der Waals surface area contributed by atoms with E-state index in [1.165, 1.54) is 26.4 Å². The predicted octanol–water partition coefficient (Wildman–Crippen LogP) is 1.85. The Hall–Kier alpha value is -2.64. The van der Waals surface area contributed by atoms with Crippen LogP contribution in [0.15, 0.2) is 18.2 Å². The molecule has 0 aliphatic rings. The lowest BCUT2D eigenvalue weighted by Gasteiger charge is -2.17. The number of rotatable bonds is 8. The van der Waals surface area contributed by atoms with Gasteiger partial charge in [0, 0.05) is 18.9 Å². The molecule has 0 fully saturated rings. The fourth-order valence-corrected chi connectivity index (χ4v) is 2.20. The molecular weight excluding hydrogens is 316 g/mol. The largest absolute Gasteiger partial charge is 0.490 e. The van der Waals surface area contributed by atoms with E-state index in [0.717, 1.165) is 0 Å². The second-order valence-corrected chi connectivity index (χ2v) is 5.71. The zero-order chi connectivity index (χ0) is 18.3. The second-order valence-electron chi connectivity index (χ2n) is 5.71. The van der Waals surface area contributed by atoms with Gasteiger partial charge in [-0.25, -0.2) is 4.79 Å². The van der Waals surface area contributed by atoms with Gasteiger partial charge in [-0.15, -0.1) is 0 Å². The summed E-state index contributed by atoms with van der Waals surface area (Å²) >= 11 is 0. The highest BCUT2D eigenvalue weighted by Crippen LogP contribution is 2.28. The molecule has 24 heavy (non-hydrogen) atoms. The summed E-state index contributed by atoms with van der Waals surface area (Å²) in [6.45, 7) is 3.78. The number of nitro benzene ring substituents is 1. The van der Waals surface area contributed by atoms with Crippen LogP contribution in [-0.2, 0) is 20.7 Å². The molecule has 1 N–H and O–H groups in total. The highest BCUT2D eigenvalue weighted by molar-refractivity contribution is 5.84. The van der Waals surface area contributed by atoms with Crippen LogP contribution in [-0.4, -0.2) is 37.1 Å². The highest BCUT2D eigenvalue weighted by Gasteiger charge is 2.24. The van der Waals surface area contributed by atoms with Crippen molar-refractivity contribution in [2.45, 2.75) is 32.7 Å². The van der Waals surface area contributed by atoms with Gasteiger partial charge < -0.3 is 14.8 Å². The topological polar surface area (TPSA) is 108 Å². The van der Waals surface area contributed by atoms with E-state index in [1.807, 2.05) is 13.8 Å². The summed E-state index contributed by atoms with van der Waals surface area (Å²) in [5.74, 6) is -0.610. The van der Waals surface area contributed by atoms with Crippen LogP contribution in [0.4, 0.5) is 5.69 Å². The minimum atomic E-state index is -0.908. The van der Waals surface area contributed by atoms with Crippen molar-refractivity contribution in [3.8, 4) is 5.75 Å². The first kappa shape index (κ1) is 19.4. The molecule has 0 heterocycles. The molecule has 8 nitrogen and oxygen atoms in total. The third-order valence-electron chi connectivity index (χ3n) is 3.29. The zero-order valence-electron chi connectivity index (χ0n) is 14.2. The molecule has 1 atom stereocenters. The van der Waals surface area contributed by atoms with Gasteiger partial charge in [-0.2, -0.15) is 0 Å². The van der Waals surface area contributed by atoms with E-state index in [0.29, 0.717) is 5.56 Å². The molecular formula is C16H22N2O6. The molecule has 0 aliphatic carbocycles. The fraction of sp³-hybridized carbons (Fsp3) is 0.500. The van der Waals surface area contributed by atoms with Crippen molar-refractivity contribution in [1.82, 2.24) is 5.32 Å². The maximum absolute atomic E-state index is 11.9. The summed E-state index contributed by atoms with van der Waals surface area (Å²) in [5.41, 5.74) is 0.315. The number of nitrogens with one attached hydrogen (secondary N) is 1. The van der Waals surface area contributed by atoms with Gasteiger partial charge in [-0.3, -0.25) is 14.9 Å². The lowest BCUT2D eigenvalue weighted by molar-refractivity contribution is -0.385. The van der Waals surface area contributed by atoms with E-state index in [-0.39, 0.29) is 36.1 Å². The normalized spacial score (nSPS) is 11.7. The van der Waals surface area contributed by atoms with Crippen molar-refractivity contribution in [3.05, 3.63) is 33.9 Å². The lowest BCUT2D eigenvalue weighted by Crippen LogP contribution is -2.43. The number of carbonyl (C=O) groups is 2. The summed E-state index contributed by atoms with van der Waals surface area (Å²) in [7, 11) is 2.56. The van der Waals surface area contributed by atoms with Crippen LogP contribution >= 0.6 is 0 Å². The summed E-state index contributed by atoms with van der Waals surface area (Å²) in [4.78, 5) is 34.3. The Labute approximate surface area is 140 Å². The number of nitrogens with zero attached hydrogens (tertiary/aromatic N) is 1. The van der Waals surface area contributed by atoms with Crippen LogP contribution in [0.2, 0.25) is 0 Å². The second kappa shape index (κ2) is 8.85. The molecule has 0 bridgehead atoms. The number of esters is 1. The van der Waals surface area contributed by atoms with Crippen molar-refractivity contribution >= 4 is 17.6 Å². The van der Waals surface area contributed by atoms with Crippen molar-refractivity contribution in [2.24, 2.45) is 5.92 Å². The SMILES string of the molecule is COC(=O)[C@H](Cc1ccc(OC)c([N+](=O)[O-])c1)NC(=O)CC(C)C. The first-order chi connectivity index (χ1) is 11.3. The third kappa shape index (κ3) is 5.53. The van der Waals surface area contributed by atoms with Gasteiger partial charge in [0.25, 0.3) is 0 Å². The van der Waals surface area contributed by atoms with Crippen LogP contribution in [0, 0.1) is 16.0 Å². The summed E-state index contributed by atoms with van der Waals surface area (Å²) < 4.78 is 9.64. The van der Waals surface area contributed by atoms with Gasteiger partial charge in [0.05, 0.1) is 19.1 Å². The van der Waals surface area contributed by atoms with E-state index in [2.05, 4.69) is 5.32 Å². The maximum Gasteiger partial charge on any atom is 0.328 e. The first-order valence-corrected chi connectivity index (χ1v) is 7.47. The zero-order valence-corrected chi connectivity index (χ0v) is 14.2. The molecule has 1 aromatic rings. The standard InChI is InChI=1S/C16H22N2O6/c1-10(2)7-15(19)17-12(16(20)24-4)8-11-5-6-14(23-3)13(9-11)18(21)22/h5-6,9-10,12H,7-8H2,1-4H3,(H,17,19)/t12-/m0/s1. The Bertz CT molecular complexity index is 615. The van der Waals surface area contributed by atoms with Gasteiger partial charge >= 0.3 is 11.7 Å². The van der Waals surface area contributed by atoms with Crippen LogP contribution < -0.4 is 10.1 Å². The number of hydrogen-bond donors (Lipinski definition) is 1. The van der Waals surface area contributed by atoms with Crippen LogP contribution in [0.5, 0.6) is 5.75 Å². The molecule has 1 amide bonds. The number of carbonyl (C=O) groups excluding carboxylic acids is 2. The molecule has 1 aromatic carbocycles. The van der Waals surface area contributed by atoms with E-state index < -0.39 is 16.9 Å². The number of methoxy groups -OCH3 is 2.